The summed E-state index contributed by atoms with van der Waals surface area (Å²) in [7, 11) is -3.36. The number of aliphatic imine (C=N–C) groups is 2. The first kappa shape index (κ1) is 29.6. The summed E-state index contributed by atoms with van der Waals surface area (Å²) >= 11 is 0. The molecule has 4 aromatic heterocycles. The molecule has 0 fully saturated rings. The van der Waals surface area contributed by atoms with Crippen molar-refractivity contribution in [1.82, 2.24) is 9.97 Å². The second kappa shape index (κ2) is 13.1. The van der Waals surface area contributed by atoms with Gasteiger partial charge in [-0.25, -0.2) is 0 Å². The Labute approximate surface area is 260 Å². The molecule has 0 spiro atoms. The van der Waals surface area contributed by atoms with Crippen LogP contribution in [0.3, 0.4) is 0 Å². The molecular formula is C34H32N4O6Si. The monoisotopic (exact) mass is 620 g/mol. The van der Waals surface area contributed by atoms with E-state index in [2.05, 4.69) is 20.0 Å². The van der Waals surface area contributed by atoms with E-state index in [1.807, 2.05) is 60.9 Å². The van der Waals surface area contributed by atoms with Crippen molar-refractivity contribution in [1.29, 1.82) is 0 Å². The van der Waals surface area contributed by atoms with Crippen LogP contribution in [0.15, 0.2) is 117 Å². The van der Waals surface area contributed by atoms with Crippen molar-refractivity contribution in [3.05, 3.63) is 120 Å². The summed E-state index contributed by atoms with van der Waals surface area (Å²) in [5, 5.41) is 1.97. The molecule has 0 aliphatic heterocycles. The van der Waals surface area contributed by atoms with E-state index in [1.54, 1.807) is 37.4 Å². The topological polar surface area (TPSA) is 135 Å². The summed E-state index contributed by atoms with van der Waals surface area (Å²) in [6.45, 7) is 3.31. The predicted molar refractivity (Wildman–Crippen MR) is 174 cm³/mol. The summed E-state index contributed by atoms with van der Waals surface area (Å²) in [5.74, 6) is -0.187. The Bertz CT molecular complexity index is 1810. The Morgan fingerprint density at radius 2 is 1.16 bits per heavy atom. The number of para-hydroxylation sites is 2. The molecule has 0 amide bonds. The summed E-state index contributed by atoms with van der Waals surface area (Å²) in [6.07, 6.45) is 10.3. The minimum atomic E-state index is -3.36. The van der Waals surface area contributed by atoms with Gasteiger partial charge in [-0.3, -0.25) is 19.6 Å². The quantitative estimate of drug-likeness (QED) is 0.120. The SMILES string of the molecule is C[Si](C)(OC(=O)[C@H](Cc1c[nH]c2ccccc12)N=Cc1ccco1)OC(=O)[C@@H](Cc1c[nH]c2ccccc12)N=Cc1ccco1. The third kappa shape index (κ3) is 7.22. The Balaban J connectivity index is 1.20. The molecule has 45 heavy (non-hydrogen) atoms. The van der Waals surface area contributed by atoms with Crippen LogP contribution in [0, 0.1) is 0 Å². The third-order valence-electron chi connectivity index (χ3n) is 7.26. The molecule has 6 aromatic rings. The number of hydrogen-bond donors (Lipinski definition) is 2. The molecule has 0 radical (unpaired) electrons. The predicted octanol–water partition coefficient (Wildman–Crippen LogP) is 6.38. The average Bonchev–Trinajstić information content (AvgIpc) is 3.85. The highest BCUT2D eigenvalue weighted by molar-refractivity contribution is 6.67. The van der Waals surface area contributed by atoms with E-state index in [0.717, 1.165) is 32.9 Å². The highest BCUT2D eigenvalue weighted by Crippen LogP contribution is 2.23. The molecule has 2 aromatic carbocycles. The number of nitrogens with zero attached hydrogens (tertiary/aromatic N) is 2. The summed E-state index contributed by atoms with van der Waals surface area (Å²) in [5.41, 5.74) is 3.72. The van der Waals surface area contributed by atoms with Crippen molar-refractivity contribution in [2.45, 2.75) is 38.0 Å². The molecule has 0 saturated carbocycles. The van der Waals surface area contributed by atoms with Crippen molar-refractivity contribution in [3.8, 4) is 0 Å². The Hall–Kier alpha value is -5.42. The van der Waals surface area contributed by atoms with Crippen molar-refractivity contribution in [3.63, 3.8) is 0 Å². The van der Waals surface area contributed by atoms with Crippen LogP contribution in [0.4, 0.5) is 0 Å². The van der Waals surface area contributed by atoms with Gasteiger partial charge in [0.05, 0.1) is 25.0 Å². The number of H-pyrrole nitrogens is 2. The van der Waals surface area contributed by atoms with E-state index in [-0.39, 0.29) is 12.8 Å². The minimum Gasteiger partial charge on any atom is -0.483 e. The molecule has 0 bridgehead atoms. The highest BCUT2D eigenvalue weighted by Gasteiger charge is 2.38. The number of aromatic nitrogens is 2. The van der Waals surface area contributed by atoms with Gasteiger partial charge in [0, 0.05) is 60.1 Å². The van der Waals surface area contributed by atoms with Gasteiger partial charge >= 0.3 is 20.5 Å². The lowest BCUT2D eigenvalue weighted by atomic mass is 10.1. The van der Waals surface area contributed by atoms with E-state index in [1.165, 1.54) is 25.0 Å². The molecule has 0 saturated heterocycles. The standard InChI is InChI=1S/C34H32N4O6Si/c1-45(2,43-33(39)31(37-21-25-9-7-15-41-25)17-23-19-35-29-13-5-3-11-27(23)29)44-34(40)32(38-22-26-10-8-16-42-26)18-24-20-36-30-14-6-4-12-28(24)30/h3-16,19-22,31-32,35-36H,17-18H2,1-2H3/t31-,32+. The lowest BCUT2D eigenvalue weighted by molar-refractivity contribution is -0.142. The molecule has 228 valence electrons. The molecule has 11 heteroatoms. The average molecular weight is 621 g/mol. The number of carbonyl (C=O) groups excluding carboxylic acids is 2. The fourth-order valence-corrected chi connectivity index (χ4v) is 6.39. The lowest BCUT2D eigenvalue weighted by Gasteiger charge is -2.25. The minimum absolute atomic E-state index is 0.273. The van der Waals surface area contributed by atoms with Crippen molar-refractivity contribution in [2.24, 2.45) is 9.98 Å². The first-order valence-corrected chi connectivity index (χ1v) is 17.4. The van der Waals surface area contributed by atoms with Gasteiger partial charge in [-0.15, -0.1) is 0 Å². The fourth-order valence-electron chi connectivity index (χ4n) is 5.11. The fraction of sp³-hybridized carbons (Fsp3) is 0.176. The van der Waals surface area contributed by atoms with Crippen molar-refractivity contribution in [2.75, 3.05) is 0 Å². The van der Waals surface area contributed by atoms with Gasteiger partial charge in [-0.2, -0.15) is 0 Å². The zero-order chi connectivity index (χ0) is 31.2. The number of aromatic amines is 2. The maximum atomic E-state index is 13.6. The van der Waals surface area contributed by atoms with E-state index >= 15 is 0 Å². The van der Waals surface area contributed by atoms with Gasteiger partial charge in [0.15, 0.2) is 12.1 Å². The Morgan fingerprint density at radius 3 is 1.58 bits per heavy atom. The number of carbonyl (C=O) groups is 2. The van der Waals surface area contributed by atoms with Crippen LogP contribution in [0.25, 0.3) is 21.8 Å². The highest BCUT2D eigenvalue weighted by atomic mass is 28.4. The molecule has 4 heterocycles. The molecule has 2 atom stereocenters. The lowest BCUT2D eigenvalue weighted by Crippen LogP contribution is -2.44. The van der Waals surface area contributed by atoms with Crippen molar-refractivity contribution < 1.29 is 27.3 Å². The van der Waals surface area contributed by atoms with Crippen LogP contribution < -0.4 is 0 Å². The zero-order valence-electron chi connectivity index (χ0n) is 24.8. The second-order valence-electron chi connectivity index (χ2n) is 11.0. The molecule has 2 N–H and O–H groups in total. The van der Waals surface area contributed by atoms with Gasteiger partial charge in [0.2, 0.25) is 0 Å². The summed E-state index contributed by atoms with van der Waals surface area (Å²) in [4.78, 5) is 42.8. The van der Waals surface area contributed by atoms with Crippen molar-refractivity contribution >= 4 is 54.7 Å². The first-order valence-electron chi connectivity index (χ1n) is 14.5. The second-order valence-corrected chi connectivity index (χ2v) is 14.2. The number of rotatable bonds is 12. The summed E-state index contributed by atoms with van der Waals surface area (Å²) < 4.78 is 22.6. The maximum absolute atomic E-state index is 13.6. The Kier molecular flexibility index (Phi) is 8.60. The third-order valence-corrected chi connectivity index (χ3v) is 8.65. The number of benzene rings is 2. The van der Waals surface area contributed by atoms with Gasteiger partial charge in [-0.05, 0) is 47.5 Å². The largest absolute Gasteiger partial charge is 0.483 e. The Morgan fingerprint density at radius 1 is 0.711 bits per heavy atom. The maximum Gasteiger partial charge on any atom is 0.457 e. The number of hydrogen-bond acceptors (Lipinski definition) is 8. The molecular weight excluding hydrogens is 588 g/mol. The van der Waals surface area contributed by atoms with Gasteiger partial charge in [0.25, 0.3) is 0 Å². The van der Waals surface area contributed by atoms with Gasteiger partial charge in [-0.1, -0.05) is 36.4 Å². The van der Waals surface area contributed by atoms with Crippen LogP contribution in [-0.2, 0) is 31.3 Å². The van der Waals surface area contributed by atoms with Crippen LogP contribution in [0.5, 0.6) is 0 Å². The van der Waals surface area contributed by atoms with E-state index in [9.17, 15) is 9.59 Å². The molecule has 0 unspecified atom stereocenters. The summed E-state index contributed by atoms with van der Waals surface area (Å²) in [6, 6.07) is 20.8. The molecule has 10 nitrogen and oxygen atoms in total. The molecule has 6 rings (SSSR count). The zero-order valence-corrected chi connectivity index (χ0v) is 25.8. The van der Waals surface area contributed by atoms with E-state index in [4.69, 9.17) is 17.7 Å². The van der Waals surface area contributed by atoms with Gasteiger partial charge < -0.3 is 27.7 Å². The number of fused-ring (bicyclic) bond motifs is 2. The van der Waals surface area contributed by atoms with E-state index < -0.39 is 32.6 Å². The van der Waals surface area contributed by atoms with E-state index in [0.29, 0.717) is 11.5 Å². The normalized spacial score (nSPS) is 13.6. The smallest absolute Gasteiger partial charge is 0.457 e. The van der Waals surface area contributed by atoms with Crippen LogP contribution in [-0.4, -0.2) is 55.0 Å². The van der Waals surface area contributed by atoms with Crippen LogP contribution >= 0.6 is 0 Å². The number of nitrogens with one attached hydrogen (secondary N) is 2. The first-order chi connectivity index (χ1) is 21.8. The molecule has 0 aliphatic carbocycles. The number of furan rings is 2. The van der Waals surface area contributed by atoms with Crippen LogP contribution in [0.2, 0.25) is 13.1 Å². The van der Waals surface area contributed by atoms with Crippen LogP contribution in [0.1, 0.15) is 22.6 Å². The molecule has 0 aliphatic rings. The van der Waals surface area contributed by atoms with Gasteiger partial charge in [0.1, 0.15) is 11.5 Å².